The van der Waals surface area contributed by atoms with Gasteiger partial charge >= 0.3 is 0 Å². The van der Waals surface area contributed by atoms with Gasteiger partial charge in [0.25, 0.3) is 5.22 Å². The maximum Gasteiger partial charge on any atom is 0.277 e. The first kappa shape index (κ1) is 17.2. The zero-order valence-electron chi connectivity index (χ0n) is 12.2. The Morgan fingerprint density at radius 2 is 2.21 bits per heavy atom. The Morgan fingerprint density at radius 3 is 2.92 bits per heavy atom. The van der Waals surface area contributed by atoms with Crippen LogP contribution in [0.5, 0.6) is 0 Å². The number of hydrogen-bond donors (Lipinski definition) is 1. The predicted molar refractivity (Wildman–Crippen MR) is 96.0 cm³/mol. The van der Waals surface area contributed by atoms with Gasteiger partial charge in [0.1, 0.15) is 0 Å². The zero-order valence-corrected chi connectivity index (χ0v) is 15.4. The lowest BCUT2D eigenvalue weighted by Crippen LogP contribution is -2.13. The average Bonchev–Trinajstić information content (AvgIpc) is 3.14. The molecule has 0 fully saturated rings. The number of amides is 1. The molecule has 10 heteroatoms. The van der Waals surface area contributed by atoms with E-state index >= 15 is 0 Å². The normalized spacial score (nSPS) is 10.8. The number of nitrogens with one attached hydrogen (secondary N) is 1. The summed E-state index contributed by atoms with van der Waals surface area (Å²) in [5.41, 5.74) is 0.586. The fraction of sp³-hybridized carbons (Fsp3) is 0.143. The Morgan fingerprint density at radius 1 is 1.38 bits per heavy atom. The number of carbonyl (C=O) groups excluding carboxylic acids is 1. The molecule has 1 amide bonds. The fourth-order valence-electron chi connectivity index (χ4n) is 1.74. The molecular formula is C14H10Cl2N4O2S2. The van der Waals surface area contributed by atoms with Gasteiger partial charge in [-0.25, -0.2) is 4.98 Å². The highest BCUT2D eigenvalue weighted by atomic mass is 35.5. The number of halogens is 2. The Hall–Kier alpha value is -1.61. The molecule has 0 saturated heterocycles. The van der Waals surface area contributed by atoms with Gasteiger partial charge in [-0.15, -0.1) is 21.5 Å². The summed E-state index contributed by atoms with van der Waals surface area (Å²) < 4.78 is 5.52. The summed E-state index contributed by atoms with van der Waals surface area (Å²) in [5.74, 6) is 0.211. The van der Waals surface area contributed by atoms with Gasteiger partial charge in [-0.2, -0.15) is 0 Å². The minimum Gasteiger partial charge on any atom is -0.411 e. The van der Waals surface area contributed by atoms with E-state index in [0.29, 0.717) is 20.7 Å². The van der Waals surface area contributed by atoms with E-state index in [4.69, 9.17) is 27.6 Å². The van der Waals surface area contributed by atoms with E-state index in [1.54, 1.807) is 24.4 Å². The number of hydrogen-bond acceptors (Lipinski definition) is 7. The molecule has 0 atom stereocenters. The van der Waals surface area contributed by atoms with Gasteiger partial charge in [0.15, 0.2) is 5.13 Å². The van der Waals surface area contributed by atoms with Crippen LogP contribution in [0.2, 0.25) is 10.0 Å². The third-order valence-corrected chi connectivity index (χ3v) is 4.96. The number of thiazole rings is 1. The molecule has 0 radical (unpaired) electrons. The summed E-state index contributed by atoms with van der Waals surface area (Å²) in [5, 5.41) is 12.3. The Kier molecular flexibility index (Phi) is 5.40. The second kappa shape index (κ2) is 7.52. The first-order chi connectivity index (χ1) is 11.5. The molecule has 3 aromatic rings. The highest BCUT2D eigenvalue weighted by Crippen LogP contribution is 2.31. The third kappa shape index (κ3) is 4.27. The highest BCUT2D eigenvalue weighted by Gasteiger charge is 2.14. The third-order valence-electron chi connectivity index (χ3n) is 2.76. The summed E-state index contributed by atoms with van der Waals surface area (Å²) in [6.45, 7) is 1.92. The highest BCUT2D eigenvalue weighted by molar-refractivity contribution is 7.99. The van der Waals surface area contributed by atoms with Gasteiger partial charge < -0.3 is 9.73 Å². The zero-order chi connectivity index (χ0) is 17.1. The van der Waals surface area contributed by atoms with Crippen molar-refractivity contribution in [3.63, 3.8) is 0 Å². The summed E-state index contributed by atoms with van der Waals surface area (Å²) in [7, 11) is 0. The Bertz CT molecular complexity index is 881. The Labute approximate surface area is 155 Å². The molecule has 0 spiro atoms. The molecule has 0 aliphatic heterocycles. The molecule has 0 unspecified atom stereocenters. The molecule has 1 N–H and O–H groups in total. The molecule has 0 bridgehead atoms. The molecule has 124 valence electrons. The number of rotatable bonds is 5. The summed E-state index contributed by atoms with van der Waals surface area (Å²) in [6.07, 6.45) is 1.70. The first-order valence-corrected chi connectivity index (χ1v) is 9.21. The van der Waals surface area contributed by atoms with E-state index in [2.05, 4.69) is 20.5 Å². The van der Waals surface area contributed by atoms with Crippen LogP contribution in [-0.4, -0.2) is 26.8 Å². The largest absolute Gasteiger partial charge is 0.411 e. The van der Waals surface area contributed by atoms with E-state index in [9.17, 15) is 4.79 Å². The lowest BCUT2D eigenvalue weighted by Gasteiger charge is -1.99. The van der Waals surface area contributed by atoms with Crippen molar-refractivity contribution < 1.29 is 9.21 Å². The lowest BCUT2D eigenvalue weighted by molar-refractivity contribution is -0.113. The maximum absolute atomic E-state index is 11.9. The summed E-state index contributed by atoms with van der Waals surface area (Å²) >= 11 is 14.5. The van der Waals surface area contributed by atoms with Crippen molar-refractivity contribution in [2.45, 2.75) is 12.1 Å². The van der Waals surface area contributed by atoms with E-state index in [1.807, 2.05) is 6.92 Å². The molecule has 2 aromatic heterocycles. The maximum atomic E-state index is 11.9. The number of carbonyl (C=O) groups is 1. The average molecular weight is 401 g/mol. The molecule has 3 rings (SSSR count). The summed E-state index contributed by atoms with van der Waals surface area (Å²) in [6, 6.07) is 4.98. The molecule has 6 nitrogen and oxygen atoms in total. The van der Waals surface area contributed by atoms with Crippen molar-refractivity contribution in [2.75, 3.05) is 11.1 Å². The quantitative estimate of drug-likeness (QED) is 0.633. The van der Waals surface area contributed by atoms with E-state index in [0.717, 1.165) is 16.6 Å². The standard InChI is InChI=1S/C14H10Cl2N4O2S2/c1-7-5-17-13(24-7)18-11(21)6-23-14-20-19-12(22-14)9-3-2-8(15)4-10(9)16/h2-5H,6H2,1H3,(H,17,18,21). The second-order valence-electron chi connectivity index (χ2n) is 4.61. The smallest absolute Gasteiger partial charge is 0.277 e. The van der Waals surface area contributed by atoms with Crippen LogP contribution in [-0.2, 0) is 4.79 Å². The molecule has 1 aromatic carbocycles. The number of aromatic nitrogens is 3. The van der Waals surface area contributed by atoms with Crippen molar-refractivity contribution >= 4 is 57.3 Å². The number of anilines is 1. The molecular weight excluding hydrogens is 391 g/mol. The SMILES string of the molecule is Cc1cnc(NC(=O)CSc2nnc(-c3ccc(Cl)cc3Cl)o2)s1. The van der Waals surface area contributed by atoms with Crippen molar-refractivity contribution in [3.05, 3.63) is 39.3 Å². The van der Waals surface area contributed by atoms with Crippen molar-refractivity contribution in [1.82, 2.24) is 15.2 Å². The van der Waals surface area contributed by atoms with Gasteiger partial charge in [0.2, 0.25) is 11.8 Å². The number of nitrogens with zero attached hydrogens (tertiary/aromatic N) is 3. The van der Waals surface area contributed by atoms with Gasteiger partial charge in [-0.1, -0.05) is 35.0 Å². The van der Waals surface area contributed by atoms with Crippen LogP contribution in [0.4, 0.5) is 5.13 Å². The van der Waals surface area contributed by atoms with Crippen LogP contribution >= 0.6 is 46.3 Å². The predicted octanol–water partition coefficient (Wildman–Crippen LogP) is 4.54. The molecule has 24 heavy (non-hydrogen) atoms. The van der Waals surface area contributed by atoms with Gasteiger partial charge in [0.05, 0.1) is 16.3 Å². The van der Waals surface area contributed by atoms with E-state index in [1.165, 1.54) is 11.3 Å². The summed E-state index contributed by atoms with van der Waals surface area (Å²) in [4.78, 5) is 17.0. The monoisotopic (exact) mass is 400 g/mol. The van der Waals surface area contributed by atoms with Crippen LogP contribution < -0.4 is 5.32 Å². The van der Waals surface area contributed by atoms with E-state index in [-0.39, 0.29) is 22.8 Å². The molecule has 2 heterocycles. The van der Waals surface area contributed by atoms with Crippen LogP contribution in [0.25, 0.3) is 11.5 Å². The minimum atomic E-state index is -0.196. The molecule has 0 saturated carbocycles. The first-order valence-electron chi connectivity index (χ1n) is 6.65. The van der Waals surface area contributed by atoms with E-state index < -0.39 is 0 Å². The number of benzene rings is 1. The van der Waals surface area contributed by atoms with Gasteiger partial charge in [0, 0.05) is 16.1 Å². The number of thioether (sulfide) groups is 1. The van der Waals surface area contributed by atoms with Crippen LogP contribution in [0, 0.1) is 6.92 Å². The lowest BCUT2D eigenvalue weighted by atomic mass is 10.2. The number of aryl methyl sites for hydroxylation is 1. The molecule has 0 aliphatic carbocycles. The Balaban J connectivity index is 1.60. The van der Waals surface area contributed by atoms with Crippen LogP contribution in [0.3, 0.4) is 0 Å². The molecule has 0 aliphatic rings. The van der Waals surface area contributed by atoms with Crippen LogP contribution in [0.1, 0.15) is 4.88 Å². The van der Waals surface area contributed by atoms with Crippen molar-refractivity contribution in [3.8, 4) is 11.5 Å². The second-order valence-corrected chi connectivity index (χ2v) is 7.62. The topological polar surface area (TPSA) is 80.9 Å². The van der Waals surface area contributed by atoms with Crippen molar-refractivity contribution in [2.24, 2.45) is 0 Å². The minimum absolute atomic E-state index is 0.134. The fourth-order valence-corrected chi connectivity index (χ4v) is 3.47. The van der Waals surface area contributed by atoms with Gasteiger partial charge in [-0.05, 0) is 25.1 Å². The van der Waals surface area contributed by atoms with Crippen molar-refractivity contribution in [1.29, 1.82) is 0 Å². The van der Waals surface area contributed by atoms with Crippen LogP contribution in [0.15, 0.2) is 34.0 Å². The van der Waals surface area contributed by atoms with Gasteiger partial charge in [-0.3, -0.25) is 4.79 Å².